The van der Waals surface area contributed by atoms with Crippen LogP contribution in [0.5, 0.6) is 0 Å². The Bertz CT molecular complexity index is 517. The van der Waals surface area contributed by atoms with E-state index >= 15 is 0 Å². The fourth-order valence-corrected chi connectivity index (χ4v) is 3.22. The zero-order valence-corrected chi connectivity index (χ0v) is 16.5. The van der Waals surface area contributed by atoms with Gasteiger partial charge in [-0.25, -0.2) is 4.39 Å². The smallest absolute Gasteiger partial charge is 0.191 e. The lowest BCUT2D eigenvalue weighted by Gasteiger charge is -2.37. The summed E-state index contributed by atoms with van der Waals surface area (Å²) in [6, 6.07) is 4.26. The Hall–Kier alpha value is -0.273. The lowest BCUT2D eigenvalue weighted by atomic mass is 9.92. The monoisotopic (exact) mass is 392 g/mol. The molecule has 1 aromatic rings. The van der Waals surface area contributed by atoms with Crippen molar-refractivity contribution in [1.29, 1.82) is 0 Å². The van der Waals surface area contributed by atoms with Gasteiger partial charge >= 0.3 is 0 Å². The van der Waals surface area contributed by atoms with Gasteiger partial charge in [-0.1, -0.05) is 26.8 Å². The Morgan fingerprint density at radius 3 is 2.32 bits per heavy atom. The molecule has 0 amide bonds. The molecule has 6 heteroatoms. The molecule has 1 unspecified atom stereocenters. The van der Waals surface area contributed by atoms with Crippen LogP contribution in [0, 0.1) is 5.82 Å². The number of aliphatic hydroxyl groups excluding tert-OH is 1. The summed E-state index contributed by atoms with van der Waals surface area (Å²) in [5.74, 6) is -0.401. The lowest BCUT2D eigenvalue weighted by Crippen LogP contribution is -2.42. The Morgan fingerprint density at radius 1 is 1.27 bits per heavy atom. The second-order valence-electron chi connectivity index (χ2n) is 7.18. The molecule has 0 aliphatic rings. The fourth-order valence-electron chi connectivity index (χ4n) is 1.79. The minimum Gasteiger partial charge on any atom is -0.417 e. The van der Waals surface area contributed by atoms with Gasteiger partial charge in [0.2, 0.25) is 0 Å². The number of halogens is 2. The summed E-state index contributed by atoms with van der Waals surface area (Å²) in [4.78, 5) is 0. The molecule has 0 saturated carbocycles. The van der Waals surface area contributed by atoms with Crippen LogP contribution < -0.4 is 0 Å². The van der Waals surface area contributed by atoms with Crippen LogP contribution in [0.3, 0.4) is 0 Å². The first kappa shape index (κ1) is 19.8. The first-order valence-corrected chi connectivity index (χ1v) is 11.1. The predicted molar refractivity (Wildman–Crippen MR) is 92.8 cm³/mol. The van der Waals surface area contributed by atoms with Crippen molar-refractivity contribution in [2.75, 3.05) is 13.2 Å². The number of hydrogen-bond acceptors (Lipinski definition) is 3. The second kappa shape index (κ2) is 7.09. The van der Waals surface area contributed by atoms with E-state index in [2.05, 4.69) is 49.8 Å². The van der Waals surface area contributed by atoms with Gasteiger partial charge in [0.15, 0.2) is 8.32 Å². The van der Waals surface area contributed by atoms with E-state index in [0.29, 0.717) is 12.2 Å². The highest BCUT2D eigenvalue weighted by Gasteiger charge is 2.38. The molecule has 3 nitrogen and oxygen atoms in total. The van der Waals surface area contributed by atoms with Gasteiger partial charge in [0.1, 0.15) is 11.4 Å². The van der Waals surface area contributed by atoms with Gasteiger partial charge in [0.05, 0.1) is 11.1 Å². The maximum Gasteiger partial charge on any atom is 0.191 e. The van der Waals surface area contributed by atoms with Crippen molar-refractivity contribution in [3.63, 3.8) is 0 Å². The summed E-state index contributed by atoms with van der Waals surface area (Å²) in [5, 5.41) is 20.3. The Kier molecular flexibility index (Phi) is 6.37. The number of aliphatic hydroxyl groups is 2. The Balaban J connectivity index is 2.81. The molecular formula is C16H26BrFO3Si. The fraction of sp³-hybridized carbons (Fsp3) is 0.625. The van der Waals surface area contributed by atoms with E-state index < -0.39 is 26.3 Å². The van der Waals surface area contributed by atoms with Crippen molar-refractivity contribution in [2.24, 2.45) is 0 Å². The first-order chi connectivity index (χ1) is 9.93. The molecule has 0 aromatic heterocycles. The Labute approximate surface area is 141 Å². The maximum atomic E-state index is 13.3. The van der Waals surface area contributed by atoms with Crippen molar-refractivity contribution < 1.29 is 19.0 Å². The molecule has 1 aromatic carbocycles. The SMILES string of the molecule is CC(C)(C)[Si](C)(C)OCCC(O)(CO)c1ccc(F)c(Br)c1. The highest BCUT2D eigenvalue weighted by molar-refractivity contribution is 9.10. The van der Waals surface area contributed by atoms with Gasteiger partial charge in [-0.3, -0.25) is 0 Å². The first-order valence-electron chi connectivity index (χ1n) is 7.36. The molecule has 0 fully saturated rings. The molecule has 0 heterocycles. The van der Waals surface area contributed by atoms with Crippen molar-refractivity contribution >= 4 is 24.2 Å². The topological polar surface area (TPSA) is 49.7 Å². The summed E-state index contributed by atoms with van der Waals surface area (Å²) in [7, 11) is -1.90. The summed E-state index contributed by atoms with van der Waals surface area (Å²) in [6.07, 6.45) is 0.258. The van der Waals surface area contributed by atoms with Crippen LogP contribution in [0.2, 0.25) is 18.1 Å². The number of benzene rings is 1. The highest BCUT2D eigenvalue weighted by Crippen LogP contribution is 2.37. The molecule has 1 atom stereocenters. The summed E-state index contributed by atoms with van der Waals surface area (Å²) in [5.41, 5.74) is -0.958. The summed E-state index contributed by atoms with van der Waals surface area (Å²) >= 11 is 3.10. The molecule has 1 rings (SSSR count). The van der Waals surface area contributed by atoms with Crippen LogP contribution >= 0.6 is 15.9 Å². The van der Waals surface area contributed by atoms with Crippen LogP contribution in [-0.2, 0) is 10.0 Å². The average Bonchev–Trinajstić information content (AvgIpc) is 2.40. The van der Waals surface area contributed by atoms with E-state index in [1.54, 1.807) is 0 Å². The molecule has 126 valence electrons. The van der Waals surface area contributed by atoms with Gasteiger partial charge in [0.25, 0.3) is 0 Å². The van der Waals surface area contributed by atoms with E-state index in [9.17, 15) is 14.6 Å². The van der Waals surface area contributed by atoms with Gasteiger partial charge in [0, 0.05) is 13.0 Å². The van der Waals surface area contributed by atoms with Crippen molar-refractivity contribution in [3.8, 4) is 0 Å². The predicted octanol–water partition coefficient (Wildman–Crippen LogP) is 4.18. The number of rotatable bonds is 6. The average molecular weight is 393 g/mol. The zero-order chi connectivity index (χ0) is 17.2. The van der Waals surface area contributed by atoms with Crippen LogP contribution in [-0.4, -0.2) is 31.7 Å². The van der Waals surface area contributed by atoms with Crippen molar-refractivity contribution in [2.45, 2.75) is 50.9 Å². The largest absolute Gasteiger partial charge is 0.417 e. The summed E-state index contributed by atoms with van der Waals surface area (Å²) < 4.78 is 19.6. The number of hydrogen-bond donors (Lipinski definition) is 2. The minimum absolute atomic E-state index is 0.0865. The van der Waals surface area contributed by atoms with Crippen molar-refractivity contribution in [3.05, 3.63) is 34.1 Å². The highest BCUT2D eigenvalue weighted by atomic mass is 79.9. The molecule has 0 spiro atoms. The van der Waals surface area contributed by atoms with E-state index in [4.69, 9.17) is 4.43 Å². The van der Waals surface area contributed by atoms with Gasteiger partial charge < -0.3 is 14.6 Å². The molecule has 0 saturated heterocycles. The van der Waals surface area contributed by atoms with Crippen LogP contribution in [0.1, 0.15) is 32.8 Å². The van der Waals surface area contributed by atoms with Crippen LogP contribution in [0.4, 0.5) is 4.39 Å². The molecule has 0 bridgehead atoms. The maximum absolute atomic E-state index is 13.3. The third kappa shape index (κ3) is 4.61. The van der Waals surface area contributed by atoms with Crippen molar-refractivity contribution in [1.82, 2.24) is 0 Å². The Morgan fingerprint density at radius 2 is 1.86 bits per heavy atom. The minimum atomic E-state index is -1.90. The molecule has 0 aliphatic heterocycles. The molecule has 0 aliphatic carbocycles. The van der Waals surface area contributed by atoms with Gasteiger partial charge in [-0.15, -0.1) is 0 Å². The lowest BCUT2D eigenvalue weighted by molar-refractivity contribution is -0.0356. The quantitative estimate of drug-likeness (QED) is 0.713. The second-order valence-corrected chi connectivity index (χ2v) is 12.8. The van der Waals surface area contributed by atoms with Gasteiger partial charge in [-0.05, 0) is 51.8 Å². The third-order valence-electron chi connectivity index (χ3n) is 4.50. The van der Waals surface area contributed by atoms with E-state index in [1.807, 2.05) is 0 Å². The van der Waals surface area contributed by atoms with Gasteiger partial charge in [-0.2, -0.15) is 0 Å². The molecule has 22 heavy (non-hydrogen) atoms. The van der Waals surface area contributed by atoms with Crippen LogP contribution in [0.25, 0.3) is 0 Å². The normalized spacial score (nSPS) is 15.7. The summed E-state index contributed by atoms with van der Waals surface area (Å²) in [6.45, 7) is 10.6. The van der Waals surface area contributed by atoms with E-state index in [0.717, 1.165) is 0 Å². The van der Waals surface area contributed by atoms with Crippen LogP contribution in [0.15, 0.2) is 22.7 Å². The zero-order valence-electron chi connectivity index (χ0n) is 13.9. The molecule has 0 radical (unpaired) electrons. The standard InChI is InChI=1S/C16H26BrFO3Si/c1-15(2,3)22(4,5)21-9-8-16(20,11-19)12-6-7-14(18)13(17)10-12/h6-7,10,19-20H,8-9,11H2,1-5H3. The van der Waals surface area contributed by atoms with E-state index in [-0.39, 0.29) is 15.9 Å². The molecule has 2 N–H and O–H groups in total. The third-order valence-corrected chi connectivity index (χ3v) is 9.65. The molecular weight excluding hydrogens is 367 g/mol. The van der Waals surface area contributed by atoms with E-state index in [1.165, 1.54) is 18.2 Å².